The number of nitrogens with one attached hydrogen (secondary N) is 1. The summed E-state index contributed by atoms with van der Waals surface area (Å²) in [4.78, 5) is 0. The van der Waals surface area contributed by atoms with E-state index in [2.05, 4.69) is 5.32 Å². The Morgan fingerprint density at radius 2 is 2.18 bits per heavy atom. The number of anilines is 1. The van der Waals surface area contributed by atoms with Gasteiger partial charge in [0.1, 0.15) is 23.4 Å². The van der Waals surface area contributed by atoms with Crippen molar-refractivity contribution in [1.29, 1.82) is 5.26 Å². The average molecular weight is 230 g/mol. The minimum absolute atomic E-state index is 0.285. The first-order chi connectivity index (χ1) is 8.19. The molecule has 0 aliphatic carbocycles. The summed E-state index contributed by atoms with van der Waals surface area (Å²) in [5, 5.41) is 11.9. The Balaban J connectivity index is 2.12. The number of rotatable bonds is 3. The quantitative estimate of drug-likeness (QED) is 0.880. The van der Waals surface area contributed by atoms with Gasteiger partial charge in [0.05, 0.1) is 17.8 Å². The molecular weight excluding hydrogens is 219 g/mol. The molecule has 0 aliphatic heterocycles. The van der Waals surface area contributed by atoms with Gasteiger partial charge < -0.3 is 9.73 Å². The molecule has 86 valence electrons. The third-order valence-corrected chi connectivity index (χ3v) is 2.35. The van der Waals surface area contributed by atoms with E-state index in [1.807, 2.05) is 25.1 Å². The molecule has 17 heavy (non-hydrogen) atoms. The molecule has 0 atom stereocenters. The van der Waals surface area contributed by atoms with E-state index in [1.165, 1.54) is 12.1 Å². The molecule has 2 rings (SSSR count). The maximum absolute atomic E-state index is 12.9. The summed E-state index contributed by atoms with van der Waals surface area (Å²) in [6.07, 6.45) is 0. The van der Waals surface area contributed by atoms with Gasteiger partial charge in [-0.25, -0.2) is 4.39 Å². The summed E-state index contributed by atoms with van der Waals surface area (Å²) in [6, 6.07) is 9.74. The van der Waals surface area contributed by atoms with Crippen LogP contribution in [-0.4, -0.2) is 0 Å². The van der Waals surface area contributed by atoms with Gasteiger partial charge in [0.25, 0.3) is 0 Å². The Bertz CT molecular complexity index is 569. The molecule has 2 aromatic rings. The summed E-state index contributed by atoms with van der Waals surface area (Å²) in [7, 11) is 0. The largest absolute Gasteiger partial charge is 0.465 e. The first-order valence-corrected chi connectivity index (χ1v) is 5.18. The second-order valence-corrected chi connectivity index (χ2v) is 3.67. The normalized spacial score (nSPS) is 9.94. The summed E-state index contributed by atoms with van der Waals surface area (Å²) in [5.74, 6) is 1.19. The third kappa shape index (κ3) is 2.64. The smallest absolute Gasteiger partial charge is 0.124 e. The molecule has 0 amide bonds. The van der Waals surface area contributed by atoms with Crippen molar-refractivity contribution in [2.75, 3.05) is 5.32 Å². The van der Waals surface area contributed by atoms with Crippen LogP contribution in [0.5, 0.6) is 0 Å². The van der Waals surface area contributed by atoms with Crippen LogP contribution >= 0.6 is 0 Å². The molecule has 0 bridgehead atoms. The lowest BCUT2D eigenvalue weighted by Gasteiger charge is -2.06. The molecular formula is C13H11FN2O. The molecule has 1 heterocycles. The van der Waals surface area contributed by atoms with Crippen molar-refractivity contribution in [3.63, 3.8) is 0 Å². The Morgan fingerprint density at radius 3 is 2.82 bits per heavy atom. The Morgan fingerprint density at radius 1 is 1.35 bits per heavy atom. The fourth-order valence-electron chi connectivity index (χ4n) is 1.53. The molecule has 1 aromatic carbocycles. The van der Waals surface area contributed by atoms with E-state index in [0.29, 0.717) is 12.2 Å². The zero-order valence-corrected chi connectivity index (χ0v) is 9.33. The minimum atomic E-state index is -0.416. The highest BCUT2D eigenvalue weighted by Gasteiger charge is 2.04. The standard InChI is InChI=1S/C13H11FN2O/c1-9-2-4-12(17-9)8-16-13-5-3-11(14)6-10(13)7-15/h2-6,16H,8H2,1H3. The number of halogens is 1. The number of furan rings is 1. The maximum Gasteiger partial charge on any atom is 0.124 e. The maximum atomic E-state index is 12.9. The van der Waals surface area contributed by atoms with Gasteiger partial charge in [-0.15, -0.1) is 0 Å². The molecule has 0 saturated heterocycles. The van der Waals surface area contributed by atoms with Crippen LogP contribution in [0, 0.1) is 24.1 Å². The molecule has 0 radical (unpaired) electrons. The molecule has 0 saturated carbocycles. The molecule has 0 fully saturated rings. The number of nitrogens with zero attached hydrogens (tertiary/aromatic N) is 1. The van der Waals surface area contributed by atoms with Crippen molar-refractivity contribution in [3.8, 4) is 6.07 Å². The predicted octanol–water partition coefficient (Wildman–Crippen LogP) is 3.21. The lowest BCUT2D eigenvalue weighted by atomic mass is 10.2. The van der Waals surface area contributed by atoms with Crippen molar-refractivity contribution in [1.82, 2.24) is 0 Å². The zero-order valence-electron chi connectivity index (χ0n) is 9.33. The molecule has 0 unspecified atom stereocenters. The van der Waals surface area contributed by atoms with Gasteiger partial charge in [0, 0.05) is 0 Å². The van der Waals surface area contributed by atoms with Crippen molar-refractivity contribution in [2.24, 2.45) is 0 Å². The van der Waals surface area contributed by atoms with Crippen molar-refractivity contribution >= 4 is 5.69 Å². The second-order valence-electron chi connectivity index (χ2n) is 3.67. The summed E-state index contributed by atoms with van der Waals surface area (Å²) < 4.78 is 18.3. The van der Waals surface area contributed by atoms with Crippen LogP contribution in [0.1, 0.15) is 17.1 Å². The number of hydrogen-bond donors (Lipinski definition) is 1. The second kappa shape index (κ2) is 4.71. The van der Waals surface area contributed by atoms with Gasteiger partial charge in [-0.3, -0.25) is 0 Å². The minimum Gasteiger partial charge on any atom is -0.465 e. The van der Waals surface area contributed by atoms with E-state index in [-0.39, 0.29) is 5.56 Å². The third-order valence-electron chi connectivity index (χ3n) is 2.35. The van der Waals surface area contributed by atoms with E-state index in [9.17, 15) is 4.39 Å². The van der Waals surface area contributed by atoms with E-state index in [4.69, 9.17) is 9.68 Å². The monoisotopic (exact) mass is 230 g/mol. The van der Waals surface area contributed by atoms with Crippen molar-refractivity contribution < 1.29 is 8.81 Å². The van der Waals surface area contributed by atoms with Crippen LogP contribution in [0.2, 0.25) is 0 Å². The highest BCUT2D eigenvalue weighted by molar-refractivity contribution is 5.57. The summed E-state index contributed by atoms with van der Waals surface area (Å²) in [5.41, 5.74) is 0.885. The van der Waals surface area contributed by atoms with Crippen LogP contribution in [0.25, 0.3) is 0 Å². The van der Waals surface area contributed by atoms with Crippen LogP contribution in [-0.2, 0) is 6.54 Å². The fourth-order valence-corrected chi connectivity index (χ4v) is 1.53. The van der Waals surface area contributed by atoms with Gasteiger partial charge in [0.2, 0.25) is 0 Å². The van der Waals surface area contributed by atoms with Crippen molar-refractivity contribution in [3.05, 3.63) is 53.2 Å². The SMILES string of the molecule is Cc1ccc(CNc2ccc(F)cc2C#N)o1. The van der Waals surface area contributed by atoms with Gasteiger partial charge >= 0.3 is 0 Å². The Labute approximate surface area is 98.5 Å². The molecule has 0 spiro atoms. The number of hydrogen-bond acceptors (Lipinski definition) is 3. The highest BCUT2D eigenvalue weighted by Crippen LogP contribution is 2.17. The zero-order chi connectivity index (χ0) is 12.3. The van der Waals surface area contributed by atoms with E-state index in [0.717, 1.165) is 11.5 Å². The van der Waals surface area contributed by atoms with Crippen LogP contribution in [0.4, 0.5) is 10.1 Å². The first kappa shape index (κ1) is 11.2. The van der Waals surface area contributed by atoms with Gasteiger partial charge in [-0.1, -0.05) is 0 Å². The van der Waals surface area contributed by atoms with Crippen LogP contribution in [0.15, 0.2) is 34.7 Å². The number of nitriles is 1. The topological polar surface area (TPSA) is 49.0 Å². The highest BCUT2D eigenvalue weighted by atomic mass is 19.1. The number of aryl methyl sites for hydroxylation is 1. The van der Waals surface area contributed by atoms with Crippen molar-refractivity contribution in [2.45, 2.75) is 13.5 Å². The van der Waals surface area contributed by atoms with E-state index < -0.39 is 5.82 Å². The lowest BCUT2D eigenvalue weighted by molar-refractivity contribution is 0.490. The van der Waals surface area contributed by atoms with Gasteiger partial charge in [-0.2, -0.15) is 5.26 Å². The molecule has 4 heteroatoms. The lowest BCUT2D eigenvalue weighted by Crippen LogP contribution is -2.00. The molecule has 1 aromatic heterocycles. The van der Waals surface area contributed by atoms with E-state index >= 15 is 0 Å². The Hall–Kier alpha value is -2.28. The average Bonchev–Trinajstić information content (AvgIpc) is 2.73. The fraction of sp³-hybridized carbons (Fsp3) is 0.154. The van der Waals surface area contributed by atoms with Crippen LogP contribution < -0.4 is 5.32 Å². The molecule has 1 N–H and O–H groups in total. The molecule has 3 nitrogen and oxygen atoms in total. The predicted molar refractivity (Wildman–Crippen MR) is 61.9 cm³/mol. The summed E-state index contributed by atoms with van der Waals surface area (Å²) >= 11 is 0. The van der Waals surface area contributed by atoms with Crippen LogP contribution in [0.3, 0.4) is 0 Å². The van der Waals surface area contributed by atoms with E-state index in [1.54, 1.807) is 6.07 Å². The first-order valence-electron chi connectivity index (χ1n) is 5.18. The summed E-state index contributed by atoms with van der Waals surface area (Å²) in [6.45, 7) is 2.33. The van der Waals surface area contributed by atoms with Gasteiger partial charge in [0.15, 0.2) is 0 Å². The molecule has 0 aliphatic rings. The van der Waals surface area contributed by atoms with Gasteiger partial charge in [-0.05, 0) is 37.3 Å². The Kier molecular flexibility index (Phi) is 3.10. The number of benzene rings is 1.